The molecule has 1 aliphatic heterocycles. The van der Waals surface area contributed by atoms with Gasteiger partial charge >= 0.3 is 6.03 Å². The van der Waals surface area contributed by atoms with E-state index in [-0.39, 0.29) is 17.9 Å². The minimum atomic E-state index is -0.355. The van der Waals surface area contributed by atoms with Crippen molar-refractivity contribution in [1.29, 1.82) is 0 Å². The zero-order valence-electron chi connectivity index (χ0n) is 11.1. The number of amides is 2. The molecule has 1 heterocycles. The van der Waals surface area contributed by atoms with Crippen LogP contribution in [0.4, 0.5) is 14.9 Å². The van der Waals surface area contributed by atoms with Gasteiger partial charge in [0.1, 0.15) is 5.82 Å². The van der Waals surface area contributed by atoms with Crippen LogP contribution in [0.2, 0.25) is 0 Å². The number of urea groups is 1. The predicted molar refractivity (Wildman–Crippen MR) is 71.6 cm³/mol. The number of carbonyl (C=O) groups excluding carboxylic acids is 1. The number of halogens is 1. The highest BCUT2D eigenvalue weighted by Gasteiger charge is 2.24. The minimum Gasteiger partial charge on any atom is -0.381 e. The van der Waals surface area contributed by atoms with Gasteiger partial charge in [-0.05, 0) is 38.0 Å². The van der Waals surface area contributed by atoms with Gasteiger partial charge in [0.15, 0.2) is 0 Å². The summed E-state index contributed by atoms with van der Waals surface area (Å²) in [4.78, 5) is 14.0. The monoisotopic (exact) mass is 266 g/mol. The van der Waals surface area contributed by atoms with E-state index in [0.29, 0.717) is 25.4 Å². The van der Waals surface area contributed by atoms with Crippen LogP contribution in [0.15, 0.2) is 24.3 Å². The smallest absolute Gasteiger partial charge is 0.322 e. The molecule has 0 radical (unpaired) electrons. The average molecular weight is 266 g/mol. The van der Waals surface area contributed by atoms with Crippen LogP contribution in [-0.2, 0) is 4.74 Å². The Bertz CT molecular complexity index is 433. The summed E-state index contributed by atoms with van der Waals surface area (Å²) in [5.74, 6) is -0.355. The molecule has 2 amide bonds. The predicted octanol–water partition coefficient (Wildman–Crippen LogP) is 2.86. The van der Waals surface area contributed by atoms with E-state index in [1.165, 1.54) is 12.1 Å². The van der Waals surface area contributed by atoms with Gasteiger partial charge in [0.2, 0.25) is 0 Å². The van der Waals surface area contributed by atoms with E-state index in [4.69, 9.17) is 4.74 Å². The second-order valence-electron chi connectivity index (χ2n) is 4.57. The van der Waals surface area contributed by atoms with Crippen molar-refractivity contribution in [1.82, 2.24) is 4.90 Å². The maximum atomic E-state index is 13.1. The van der Waals surface area contributed by atoms with Crippen LogP contribution in [0, 0.1) is 5.82 Å². The van der Waals surface area contributed by atoms with Crippen LogP contribution < -0.4 is 5.32 Å². The third-order valence-corrected chi connectivity index (χ3v) is 3.31. The summed E-state index contributed by atoms with van der Waals surface area (Å²) in [5.41, 5.74) is 0.482. The van der Waals surface area contributed by atoms with Crippen molar-refractivity contribution in [3.8, 4) is 0 Å². The summed E-state index contributed by atoms with van der Waals surface area (Å²) in [6.07, 6.45) is 1.70. The molecule has 1 saturated heterocycles. The fourth-order valence-electron chi connectivity index (χ4n) is 2.33. The Balaban J connectivity index is 2.00. The lowest BCUT2D eigenvalue weighted by Crippen LogP contribution is -2.45. The van der Waals surface area contributed by atoms with E-state index in [1.54, 1.807) is 17.0 Å². The summed E-state index contributed by atoms with van der Waals surface area (Å²) in [7, 11) is 0. The average Bonchev–Trinajstić information content (AvgIpc) is 2.41. The lowest BCUT2D eigenvalue weighted by atomic mass is 10.1. The number of nitrogens with one attached hydrogen (secondary N) is 1. The molecular weight excluding hydrogens is 247 g/mol. The lowest BCUT2D eigenvalue weighted by molar-refractivity contribution is 0.0494. The van der Waals surface area contributed by atoms with Crippen LogP contribution in [0.25, 0.3) is 0 Å². The fraction of sp³-hybridized carbons (Fsp3) is 0.500. The molecular formula is C14H19FN2O2. The summed E-state index contributed by atoms with van der Waals surface area (Å²) in [6, 6.07) is 5.95. The highest BCUT2D eigenvalue weighted by molar-refractivity contribution is 5.89. The molecule has 0 bridgehead atoms. The molecule has 0 atom stereocenters. The number of nitrogens with zero attached hydrogens (tertiary/aromatic N) is 1. The highest BCUT2D eigenvalue weighted by atomic mass is 19.1. The zero-order valence-corrected chi connectivity index (χ0v) is 11.1. The van der Waals surface area contributed by atoms with Crippen molar-refractivity contribution >= 4 is 11.7 Å². The van der Waals surface area contributed by atoms with Gasteiger partial charge in [-0.1, -0.05) is 6.07 Å². The Kier molecular flexibility index (Phi) is 4.74. The van der Waals surface area contributed by atoms with Crippen molar-refractivity contribution in [2.24, 2.45) is 0 Å². The number of hydrogen-bond donors (Lipinski definition) is 1. The lowest BCUT2D eigenvalue weighted by Gasteiger charge is -2.33. The van der Waals surface area contributed by atoms with Crippen molar-refractivity contribution in [2.45, 2.75) is 25.8 Å². The Morgan fingerprint density at radius 3 is 2.84 bits per heavy atom. The van der Waals surface area contributed by atoms with Crippen molar-refractivity contribution in [3.05, 3.63) is 30.1 Å². The molecule has 0 saturated carbocycles. The SMILES string of the molecule is CCN(C(=O)Nc1cccc(F)c1)C1CCOCC1. The minimum absolute atomic E-state index is 0.181. The molecule has 1 aromatic carbocycles. The van der Waals surface area contributed by atoms with E-state index in [0.717, 1.165) is 12.8 Å². The number of anilines is 1. The first-order valence-electron chi connectivity index (χ1n) is 6.61. The van der Waals surface area contributed by atoms with Crippen molar-refractivity contribution in [2.75, 3.05) is 25.1 Å². The van der Waals surface area contributed by atoms with E-state index >= 15 is 0 Å². The van der Waals surface area contributed by atoms with Crippen LogP contribution in [0.5, 0.6) is 0 Å². The van der Waals surface area contributed by atoms with Gasteiger partial charge in [-0.25, -0.2) is 9.18 Å². The number of carbonyl (C=O) groups is 1. The first kappa shape index (κ1) is 13.8. The highest BCUT2D eigenvalue weighted by Crippen LogP contribution is 2.16. The summed E-state index contributed by atoms with van der Waals surface area (Å²) in [6.45, 7) is 3.95. The first-order valence-corrected chi connectivity index (χ1v) is 6.61. The van der Waals surface area contributed by atoms with Crippen LogP contribution >= 0.6 is 0 Å². The van der Waals surface area contributed by atoms with Crippen LogP contribution in [0.1, 0.15) is 19.8 Å². The quantitative estimate of drug-likeness (QED) is 0.914. The second kappa shape index (κ2) is 6.52. The maximum absolute atomic E-state index is 13.1. The van der Waals surface area contributed by atoms with E-state index < -0.39 is 0 Å². The van der Waals surface area contributed by atoms with E-state index in [1.807, 2.05) is 6.92 Å². The largest absolute Gasteiger partial charge is 0.381 e. The Morgan fingerprint density at radius 1 is 1.47 bits per heavy atom. The molecule has 1 fully saturated rings. The molecule has 4 nitrogen and oxygen atoms in total. The van der Waals surface area contributed by atoms with Crippen molar-refractivity contribution in [3.63, 3.8) is 0 Å². The number of hydrogen-bond acceptors (Lipinski definition) is 2. The molecule has 2 rings (SSSR count). The zero-order chi connectivity index (χ0) is 13.7. The molecule has 19 heavy (non-hydrogen) atoms. The molecule has 0 spiro atoms. The summed E-state index contributed by atoms with van der Waals surface area (Å²) in [5, 5.41) is 2.74. The van der Waals surface area contributed by atoms with Gasteiger partial charge < -0.3 is 15.0 Å². The van der Waals surface area contributed by atoms with Crippen LogP contribution in [0.3, 0.4) is 0 Å². The second-order valence-corrected chi connectivity index (χ2v) is 4.57. The molecule has 1 N–H and O–H groups in total. The number of benzene rings is 1. The number of ether oxygens (including phenoxy) is 1. The normalized spacial score (nSPS) is 16.1. The molecule has 1 aromatic rings. The Labute approximate surface area is 112 Å². The van der Waals surface area contributed by atoms with Crippen LogP contribution in [-0.4, -0.2) is 36.7 Å². The van der Waals surface area contributed by atoms with E-state index in [2.05, 4.69) is 5.32 Å². The summed E-state index contributed by atoms with van der Waals surface area (Å²) >= 11 is 0. The van der Waals surface area contributed by atoms with Gasteiger partial charge in [-0.3, -0.25) is 0 Å². The summed E-state index contributed by atoms with van der Waals surface area (Å²) < 4.78 is 18.4. The third-order valence-electron chi connectivity index (χ3n) is 3.31. The van der Waals surface area contributed by atoms with Gasteiger partial charge in [-0.15, -0.1) is 0 Å². The fourth-order valence-corrected chi connectivity index (χ4v) is 2.33. The Hall–Kier alpha value is -1.62. The van der Waals surface area contributed by atoms with Gasteiger partial charge in [-0.2, -0.15) is 0 Å². The molecule has 1 aliphatic rings. The van der Waals surface area contributed by atoms with Crippen molar-refractivity contribution < 1.29 is 13.9 Å². The first-order chi connectivity index (χ1) is 9.20. The standard InChI is InChI=1S/C14H19FN2O2/c1-2-17(13-6-8-19-9-7-13)14(18)16-12-5-3-4-11(15)10-12/h3-5,10,13H,2,6-9H2,1H3,(H,16,18). The third kappa shape index (κ3) is 3.67. The molecule has 0 aliphatic carbocycles. The molecule has 0 aromatic heterocycles. The molecule has 5 heteroatoms. The molecule has 0 unspecified atom stereocenters. The van der Waals surface area contributed by atoms with Gasteiger partial charge in [0.05, 0.1) is 0 Å². The van der Waals surface area contributed by atoms with Gasteiger partial charge in [0, 0.05) is 31.5 Å². The maximum Gasteiger partial charge on any atom is 0.322 e. The topological polar surface area (TPSA) is 41.6 Å². The van der Waals surface area contributed by atoms with Gasteiger partial charge in [0.25, 0.3) is 0 Å². The van der Waals surface area contributed by atoms with E-state index in [9.17, 15) is 9.18 Å². The Morgan fingerprint density at radius 2 is 2.21 bits per heavy atom. The molecule has 104 valence electrons. The number of rotatable bonds is 3.